The first-order valence-electron chi connectivity index (χ1n) is 14.1. The summed E-state index contributed by atoms with van der Waals surface area (Å²) in [6, 6.07) is 20.6. The number of ketones is 2. The number of carbonyl (C=O) groups is 3. The molecule has 46 heavy (non-hydrogen) atoms. The Morgan fingerprint density at radius 3 is 1.96 bits per heavy atom. The molecule has 0 bridgehead atoms. The van der Waals surface area contributed by atoms with E-state index in [2.05, 4.69) is 15.0 Å². The molecular formula is C33H28Cl2N4O5S2. The summed E-state index contributed by atoms with van der Waals surface area (Å²) in [7, 11) is 0. The number of nitrogens with one attached hydrogen (secondary N) is 1. The average Bonchev–Trinajstić information content (AvgIpc) is 3.81. The van der Waals surface area contributed by atoms with Crippen LogP contribution in [0.25, 0.3) is 9.69 Å². The summed E-state index contributed by atoms with van der Waals surface area (Å²) < 4.78 is 6.50. The summed E-state index contributed by atoms with van der Waals surface area (Å²) >= 11 is 14.1. The fourth-order valence-electron chi connectivity index (χ4n) is 4.35. The Morgan fingerprint density at radius 1 is 0.891 bits per heavy atom. The molecule has 1 fully saturated rings. The number of carbonyl (C=O) groups excluding carboxylic acids is 3. The Labute approximate surface area is 284 Å². The van der Waals surface area contributed by atoms with Crippen LogP contribution >= 0.6 is 45.9 Å². The number of ether oxygens (including phenoxy) is 1. The van der Waals surface area contributed by atoms with Crippen molar-refractivity contribution in [1.82, 2.24) is 0 Å². The van der Waals surface area contributed by atoms with Gasteiger partial charge in [-0.25, -0.2) is 14.5 Å². The van der Waals surface area contributed by atoms with E-state index in [4.69, 9.17) is 41.1 Å². The van der Waals surface area contributed by atoms with Gasteiger partial charge in [0.25, 0.3) is 0 Å². The number of benzene rings is 2. The molecule has 2 aromatic carbocycles. The average molecular weight is 696 g/mol. The molecule has 0 radical (unpaired) electrons. The number of halogens is 2. The summed E-state index contributed by atoms with van der Waals surface area (Å²) in [4.78, 5) is 45.4. The fraction of sp³-hybridized carbons (Fsp3) is 0.242. The largest absolute Gasteiger partial charge is 0.444 e. The van der Waals surface area contributed by atoms with E-state index < -0.39 is 12.2 Å². The molecule has 9 nitrogen and oxygen atoms in total. The summed E-state index contributed by atoms with van der Waals surface area (Å²) in [6.07, 6.45) is 0.0907. The minimum absolute atomic E-state index is 0.00244. The van der Waals surface area contributed by atoms with Crippen LogP contribution in [0.4, 0.5) is 27.5 Å². The third-order valence-corrected chi connectivity index (χ3v) is 9.34. The number of Topliss-reactive ketones (excluding diaryl/α,β-unsaturated/α-hetero) is 2. The van der Waals surface area contributed by atoms with E-state index in [1.807, 2.05) is 0 Å². The predicted molar refractivity (Wildman–Crippen MR) is 183 cm³/mol. The van der Waals surface area contributed by atoms with Crippen molar-refractivity contribution in [2.45, 2.75) is 37.9 Å². The quantitative estimate of drug-likeness (QED) is 0.113. The molecule has 236 valence electrons. The lowest BCUT2D eigenvalue weighted by Crippen LogP contribution is -2.24. The number of aliphatic hydroxyl groups is 1. The number of cyclic esters (lactones) is 1. The van der Waals surface area contributed by atoms with Crippen LogP contribution in [0, 0.1) is 13.1 Å². The Bertz CT molecular complexity index is 1740. The monoisotopic (exact) mass is 694 g/mol. The predicted octanol–water partition coefficient (Wildman–Crippen LogP) is 9.33. The van der Waals surface area contributed by atoms with Crippen LogP contribution in [-0.2, 0) is 4.74 Å². The van der Waals surface area contributed by atoms with Gasteiger partial charge >= 0.3 is 6.09 Å². The first kappa shape index (κ1) is 34.6. The van der Waals surface area contributed by atoms with E-state index in [0.29, 0.717) is 67.8 Å². The molecule has 4 aromatic rings. The van der Waals surface area contributed by atoms with Gasteiger partial charge in [-0.3, -0.25) is 14.5 Å². The van der Waals surface area contributed by atoms with Crippen LogP contribution in [-0.4, -0.2) is 48.1 Å². The SMILES string of the molecule is [C-]#[N+]c1ccc(N2C[C@H](CCC(=O)c3ccc(Cl)s3)OC2=O)cc1.[C-]#[N+]c1ccc(NC[C@@H](O)CCC(=O)c2ccc(Cl)s2)cc1. The number of thiophene rings is 2. The second kappa shape index (κ2) is 16.9. The molecule has 2 N–H and O–H groups in total. The highest BCUT2D eigenvalue weighted by Gasteiger charge is 2.32. The van der Waals surface area contributed by atoms with Crippen LogP contribution in [0.5, 0.6) is 0 Å². The topological polar surface area (TPSA) is 105 Å². The summed E-state index contributed by atoms with van der Waals surface area (Å²) in [6.45, 7) is 14.6. The molecule has 0 unspecified atom stereocenters. The van der Waals surface area contributed by atoms with Crippen molar-refractivity contribution in [2.24, 2.45) is 0 Å². The van der Waals surface area contributed by atoms with Crippen molar-refractivity contribution < 1.29 is 24.2 Å². The summed E-state index contributed by atoms with van der Waals surface area (Å²) in [5.74, 6) is 0.000157. The highest BCUT2D eigenvalue weighted by atomic mass is 35.5. The smallest absolute Gasteiger partial charge is 0.414 e. The third kappa shape index (κ3) is 10.1. The van der Waals surface area contributed by atoms with Crippen molar-refractivity contribution in [3.8, 4) is 0 Å². The van der Waals surface area contributed by atoms with E-state index in [1.54, 1.807) is 72.8 Å². The maximum Gasteiger partial charge on any atom is 0.414 e. The number of hydrogen-bond acceptors (Lipinski definition) is 8. The van der Waals surface area contributed by atoms with Crippen molar-refractivity contribution >= 4 is 86.3 Å². The molecule has 5 rings (SSSR count). The third-order valence-electron chi connectivity index (χ3n) is 6.80. The summed E-state index contributed by atoms with van der Waals surface area (Å²) in [5.41, 5.74) is 2.61. The number of anilines is 2. The van der Waals surface area contributed by atoms with Crippen LogP contribution in [0.15, 0.2) is 72.8 Å². The van der Waals surface area contributed by atoms with Gasteiger partial charge in [-0.05, 0) is 61.4 Å². The van der Waals surface area contributed by atoms with E-state index in [-0.39, 0.29) is 24.1 Å². The minimum Gasteiger partial charge on any atom is -0.444 e. The van der Waals surface area contributed by atoms with E-state index in [9.17, 15) is 19.5 Å². The van der Waals surface area contributed by atoms with E-state index in [1.165, 1.54) is 27.6 Å². The number of amides is 1. The first-order chi connectivity index (χ1) is 22.1. The lowest BCUT2D eigenvalue weighted by molar-refractivity contribution is 0.0941. The van der Waals surface area contributed by atoms with Crippen LogP contribution < -0.4 is 10.2 Å². The van der Waals surface area contributed by atoms with Crippen molar-refractivity contribution in [2.75, 3.05) is 23.3 Å². The first-order valence-corrected chi connectivity index (χ1v) is 16.5. The Kier molecular flexibility index (Phi) is 12.7. The molecule has 3 heterocycles. The molecule has 0 aliphatic carbocycles. The van der Waals surface area contributed by atoms with Gasteiger partial charge in [0.2, 0.25) is 0 Å². The standard InChI is InChI=1S/C17H13ClN2O3S.C16H15ClN2O2S/c1-19-11-2-4-12(5-3-11)20-10-13(23-17(20)22)6-7-14(21)15-8-9-16(18)24-15;1-18-11-2-4-12(5-3-11)19-10-13(20)6-7-14(21)15-8-9-16(17)22-15/h2-5,8-9,13H,6-7,10H2;2-5,8-9,13,19-20H,6-7,10H2/t2*13-/m00/s1. The number of hydrogen-bond donors (Lipinski definition) is 2. The van der Waals surface area contributed by atoms with Crippen LogP contribution in [0.2, 0.25) is 8.67 Å². The molecule has 1 aliphatic heterocycles. The zero-order valence-corrected chi connectivity index (χ0v) is 27.5. The number of aliphatic hydroxyl groups excluding tert-OH is 1. The second-order valence-corrected chi connectivity index (χ2v) is 13.5. The van der Waals surface area contributed by atoms with Crippen LogP contribution in [0.1, 0.15) is 45.0 Å². The zero-order valence-electron chi connectivity index (χ0n) is 24.3. The van der Waals surface area contributed by atoms with Gasteiger partial charge in [0.05, 0.1) is 44.2 Å². The molecule has 0 spiro atoms. The zero-order chi connectivity index (χ0) is 33.1. The molecule has 0 saturated carbocycles. The van der Waals surface area contributed by atoms with E-state index >= 15 is 0 Å². The van der Waals surface area contributed by atoms with Gasteiger partial charge < -0.3 is 15.2 Å². The van der Waals surface area contributed by atoms with Gasteiger partial charge in [-0.2, -0.15) is 0 Å². The molecule has 2 aromatic heterocycles. The van der Waals surface area contributed by atoms with Gasteiger partial charge in [0, 0.05) is 30.8 Å². The van der Waals surface area contributed by atoms with Gasteiger partial charge in [-0.1, -0.05) is 47.5 Å². The van der Waals surface area contributed by atoms with Crippen molar-refractivity contribution in [3.63, 3.8) is 0 Å². The van der Waals surface area contributed by atoms with Crippen LogP contribution in [0.3, 0.4) is 0 Å². The lowest BCUT2D eigenvalue weighted by atomic mass is 10.1. The second-order valence-electron chi connectivity index (χ2n) is 10.1. The van der Waals surface area contributed by atoms with E-state index in [0.717, 1.165) is 5.69 Å². The van der Waals surface area contributed by atoms with Gasteiger partial charge in [0.1, 0.15) is 6.10 Å². The molecular weight excluding hydrogens is 667 g/mol. The number of rotatable bonds is 12. The molecule has 1 saturated heterocycles. The molecule has 13 heteroatoms. The Hall–Kier alpha value is -4.23. The van der Waals surface area contributed by atoms with Gasteiger partial charge in [0.15, 0.2) is 22.9 Å². The Balaban J connectivity index is 0.000000210. The molecule has 1 aliphatic rings. The maximum absolute atomic E-state index is 12.1. The highest BCUT2D eigenvalue weighted by Crippen LogP contribution is 2.28. The lowest BCUT2D eigenvalue weighted by Gasteiger charge is -2.12. The summed E-state index contributed by atoms with van der Waals surface area (Å²) in [5, 5.41) is 13.0. The molecule has 2 atom stereocenters. The highest BCUT2D eigenvalue weighted by molar-refractivity contribution is 7.18. The minimum atomic E-state index is -0.611. The fourth-order valence-corrected chi connectivity index (χ4v) is 6.37. The van der Waals surface area contributed by atoms with Crippen molar-refractivity contribution in [3.05, 3.63) is 114 Å². The Morgan fingerprint density at radius 2 is 1.43 bits per heavy atom. The number of nitrogens with zero attached hydrogens (tertiary/aromatic N) is 3. The molecule has 1 amide bonds. The maximum atomic E-state index is 12.1. The van der Waals surface area contributed by atoms with Gasteiger partial charge in [-0.15, -0.1) is 22.7 Å². The normalized spacial score (nSPS) is 14.3. The van der Waals surface area contributed by atoms with Crippen molar-refractivity contribution in [1.29, 1.82) is 0 Å².